The first-order chi connectivity index (χ1) is 11.0. The molecule has 0 atom stereocenters. The fourth-order valence-corrected chi connectivity index (χ4v) is 3.36. The maximum Gasteiger partial charge on any atom is 0.262 e. The molecule has 3 rings (SSSR count). The van der Waals surface area contributed by atoms with Crippen LogP contribution in [0.5, 0.6) is 0 Å². The Bertz CT molecular complexity index is 848. The zero-order valence-electron chi connectivity index (χ0n) is 12.2. The number of hydrogen-bond donors (Lipinski definition) is 1. The molecule has 7 heteroatoms. The highest BCUT2D eigenvalue weighted by atomic mass is 32.2. The van der Waals surface area contributed by atoms with E-state index in [0.717, 1.165) is 6.42 Å². The van der Waals surface area contributed by atoms with E-state index < -0.39 is 15.8 Å². The monoisotopic (exact) mass is 334 g/mol. The molecule has 1 aliphatic rings. The molecule has 2 aromatic carbocycles. The number of benzene rings is 2. The molecular formula is C16H15FN2O3S. The number of halogens is 1. The molecule has 0 unspecified atom stereocenters. The smallest absolute Gasteiger partial charge is 0.262 e. The Balaban J connectivity index is 1.88. The van der Waals surface area contributed by atoms with Crippen LogP contribution in [0.15, 0.2) is 53.4 Å². The van der Waals surface area contributed by atoms with Crippen molar-refractivity contribution in [3.63, 3.8) is 0 Å². The second-order valence-electron chi connectivity index (χ2n) is 5.26. The van der Waals surface area contributed by atoms with Crippen molar-refractivity contribution in [3.8, 4) is 0 Å². The number of likely N-dealkylation sites (tertiary alicyclic amines) is 1. The predicted octanol–water partition coefficient (Wildman–Crippen LogP) is 2.47. The van der Waals surface area contributed by atoms with Gasteiger partial charge in [-0.05, 0) is 36.8 Å². The van der Waals surface area contributed by atoms with Gasteiger partial charge in [-0.25, -0.2) is 12.8 Å². The maximum absolute atomic E-state index is 13.6. The van der Waals surface area contributed by atoms with Crippen molar-refractivity contribution in [1.29, 1.82) is 0 Å². The number of para-hydroxylation sites is 1. The van der Waals surface area contributed by atoms with Gasteiger partial charge < -0.3 is 4.90 Å². The normalized spacial score (nSPS) is 14.2. The number of amides is 1. The average Bonchev–Trinajstić information content (AvgIpc) is 2.48. The van der Waals surface area contributed by atoms with E-state index in [1.165, 1.54) is 42.5 Å². The lowest BCUT2D eigenvalue weighted by atomic mass is 10.1. The minimum absolute atomic E-state index is 0.0767. The second-order valence-corrected chi connectivity index (χ2v) is 6.94. The first kappa shape index (κ1) is 15.5. The molecule has 2 aromatic rings. The van der Waals surface area contributed by atoms with E-state index in [1.54, 1.807) is 11.0 Å². The minimum atomic E-state index is -3.97. The van der Waals surface area contributed by atoms with Crippen LogP contribution in [0.4, 0.5) is 10.1 Å². The van der Waals surface area contributed by atoms with Gasteiger partial charge in [0.1, 0.15) is 5.82 Å². The Labute approximate surface area is 133 Å². The number of carbonyl (C=O) groups is 1. The number of sulfonamides is 1. The average molecular weight is 334 g/mol. The van der Waals surface area contributed by atoms with Crippen LogP contribution < -0.4 is 4.72 Å². The second kappa shape index (κ2) is 6.00. The molecule has 0 bridgehead atoms. The molecular weight excluding hydrogens is 319 g/mol. The third-order valence-electron chi connectivity index (χ3n) is 3.65. The highest BCUT2D eigenvalue weighted by Gasteiger charge is 2.23. The van der Waals surface area contributed by atoms with Crippen molar-refractivity contribution in [1.82, 2.24) is 4.90 Å². The molecule has 0 radical (unpaired) electrons. The van der Waals surface area contributed by atoms with E-state index in [-0.39, 0.29) is 16.5 Å². The highest BCUT2D eigenvalue weighted by molar-refractivity contribution is 7.92. The van der Waals surface area contributed by atoms with Gasteiger partial charge in [-0.15, -0.1) is 0 Å². The molecule has 1 amide bonds. The fourth-order valence-electron chi connectivity index (χ4n) is 2.25. The van der Waals surface area contributed by atoms with Crippen LogP contribution in [-0.2, 0) is 10.0 Å². The summed E-state index contributed by atoms with van der Waals surface area (Å²) in [5.74, 6) is -0.858. The van der Waals surface area contributed by atoms with Gasteiger partial charge >= 0.3 is 0 Å². The number of rotatable bonds is 4. The third-order valence-corrected chi connectivity index (χ3v) is 5.02. The summed E-state index contributed by atoms with van der Waals surface area (Å²) in [5, 5.41) is 0. The quantitative estimate of drug-likeness (QED) is 0.934. The van der Waals surface area contributed by atoms with Gasteiger partial charge in [0.15, 0.2) is 0 Å². The number of anilines is 1. The number of carbonyl (C=O) groups excluding carboxylic acids is 1. The summed E-state index contributed by atoms with van der Waals surface area (Å²) in [6.07, 6.45) is 0.957. The molecule has 0 aromatic heterocycles. The van der Waals surface area contributed by atoms with Crippen LogP contribution in [-0.4, -0.2) is 32.3 Å². The van der Waals surface area contributed by atoms with Gasteiger partial charge in [0.25, 0.3) is 15.9 Å². The zero-order chi connectivity index (χ0) is 16.4. The van der Waals surface area contributed by atoms with Crippen LogP contribution in [0, 0.1) is 5.82 Å². The van der Waals surface area contributed by atoms with Crippen molar-refractivity contribution in [3.05, 3.63) is 59.9 Å². The largest absolute Gasteiger partial charge is 0.339 e. The molecule has 1 saturated heterocycles. The molecule has 120 valence electrons. The topological polar surface area (TPSA) is 66.5 Å². The van der Waals surface area contributed by atoms with Gasteiger partial charge in [-0.3, -0.25) is 9.52 Å². The minimum Gasteiger partial charge on any atom is -0.339 e. The molecule has 1 heterocycles. The van der Waals surface area contributed by atoms with Crippen LogP contribution in [0.3, 0.4) is 0 Å². The lowest BCUT2D eigenvalue weighted by Crippen LogP contribution is -2.42. The van der Waals surface area contributed by atoms with Crippen LogP contribution in [0.2, 0.25) is 0 Å². The summed E-state index contributed by atoms with van der Waals surface area (Å²) in [4.78, 5) is 13.7. The standard InChI is InChI=1S/C16H15FN2O3S/c17-14-7-1-2-8-15(14)18-23(21,22)13-6-3-5-12(11-13)16(20)19-9-4-10-19/h1-3,5-8,11,18H,4,9-10H2. The van der Waals surface area contributed by atoms with Crippen LogP contribution in [0.25, 0.3) is 0 Å². The van der Waals surface area contributed by atoms with E-state index >= 15 is 0 Å². The Morgan fingerprint density at radius 2 is 1.83 bits per heavy atom. The molecule has 0 saturated carbocycles. The molecule has 1 fully saturated rings. The highest BCUT2D eigenvalue weighted by Crippen LogP contribution is 2.21. The molecule has 5 nitrogen and oxygen atoms in total. The van der Waals surface area contributed by atoms with Gasteiger partial charge in [-0.1, -0.05) is 18.2 Å². The van der Waals surface area contributed by atoms with Crippen molar-refractivity contribution in [2.75, 3.05) is 17.8 Å². The fraction of sp³-hybridized carbons (Fsp3) is 0.188. The Morgan fingerprint density at radius 3 is 2.48 bits per heavy atom. The molecule has 1 aliphatic heterocycles. The first-order valence-electron chi connectivity index (χ1n) is 7.14. The van der Waals surface area contributed by atoms with Crippen molar-refractivity contribution in [2.24, 2.45) is 0 Å². The summed E-state index contributed by atoms with van der Waals surface area (Å²) in [6.45, 7) is 1.37. The molecule has 23 heavy (non-hydrogen) atoms. The summed E-state index contributed by atoms with van der Waals surface area (Å²) >= 11 is 0. The lowest BCUT2D eigenvalue weighted by molar-refractivity contribution is 0.0651. The number of hydrogen-bond acceptors (Lipinski definition) is 3. The van der Waals surface area contributed by atoms with E-state index in [9.17, 15) is 17.6 Å². The Morgan fingerprint density at radius 1 is 1.09 bits per heavy atom. The molecule has 0 aliphatic carbocycles. The van der Waals surface area contributed by atoms with E-state index in [1.807, 2.05) is 0 Å². The summed E-state index contributed by atoms with van der Waals surface area (Å²) in [5.41, 5.74) is 0.174. The zero-order valence-corrected chi connectivity index (χ0v) is 13.0. The van der Waals surface area contributed by atoms with Gasteiger partial charge in [0, 0.05) is 18.7 Å². The van der Waals surface area contributed by atoms with Gasteiger partial charge in [0.05, 0.1) is 10.6 Å². The van der Waals surface area contributed by atoms with Crippen molar-refractivity contribution < 1.29 is 17.6 Å². The Kier molecular flexibility index (Phi) is 4.04. The van der Waals surface area contributed by atoms with Crippen LogP contribution in [0.1, 0.15) is 16.8 Å². The third kappa shape index (κ3) is 3.19. The van der Waals surface area contributed by atoms with Crippen molar-refractivity contribution >= 4 is 21.6 Å². The van der Waals surface area contributed by atoms with E-state index in [2.05, 4.69) is 4.72 Å². The summed E-state index contributed by atoms with van der Waals surface area (Å²) in [6, 6.07) is 11.3. The predicted molar refractivity (Wildman–Crippen MR) is 84.2 cm³/mol. The summed E-state index contributed by atoms with van der Waals surface area (Å²) < 4.78 is 40.6. The Hall–Kier alpha value is -2.41. The van der Waals surface area contributed by atoms with Gasteiger partial charge in [-0.2, -0.15) is 0 Å². The number of nitrogens with zero attached hydrogens (tertiary/aromatic N) is 1. The SMILES string of the molecule is O=C(c1cccc(S(=O)(=O)Nc2ccccc2F)c1)N1CCC1. The van der Waals surface area contributed by atoms with E-state index in [0.29, 0.717) is 18.7 Å². The van der Waals surface area contributed by atoms with Crippen LogP contribution >= 0.6 is 0 Å². The number of nitrogens with one attached hydrogen (secondary N) is 1. The maximum atomic E-state index is 13.6. The lowest BCUT2D eigenvalue weighted by Gasteiger charge is -2.31. The first-order valence-corrected chi connectivity index (χ1v) is 8.62. The van der Waals surface area contributed by atoms with Crippen molar-refractivity contribution in [2.45, 2.75) is 11.3 Å². The molecule has 0 spiro atoms. The van der Waals surface area contributed by atoms with Gasteiger partial charge in [0.2, 0.25) is 0 Å². The molecule has 1 N–H and O–H groups in total. The van der Waals surface area contributed by atoms with E-state index in [4.69, 9.17) is 0 Å². The summed E-state index contributed by atoms with van der Waals surface area (Å²) in [7, 11) is -3.97.